The third-order valence-electron chi connectivity index (χ3n) is 4.44. The normalized spacial score (nSPS) is 17.0. The van der Waals surface area contributed by atoms with E-state index in [9.17, 15) is 0 Å². The van der Waals surface area contributed by atoms with Crippen LogP contribution in [0.3, 0.4) is 0 Å². The predicted octanol–water partition coefficient (Wildman–Crippen LogP) is 3.68. The lowest BCUT2D eigenvalue weighted by Crippen LogP contribution is -2.16. The minimum Gasteiger partial charge on any atom is -0.376 e. The Bertz CT molecular complexity index is 1060. The molecule has 0 saturated carbocycles. The molecule has 7 nitrogen and oxygen atoms in total. The van der Waals surface area contributed by atoms with Crippen LogP contribution in [0.5, 0.6) is 0 Å². The molecule has 1 aliphatic heterocycles. The standard InChI is InChI=1S/C18H16N6OS2/c1-2-6-15-14(5-1)17(20-16(19-15)12-7-9-26-11-12)27-18-21-22-23-24(18)10-13-4-3-8-25-13/h1-2,5-7,9,11,13H,3-4,8,10H2. The summed E-state index contributed by atoms with van der Waals surface area (Å²) < 4.78 is 7.53. The van der Waals surface area contributed by atoms with E-state index in [0.717, 1.165) is 46.8 Å². The van der Waals surface area contributed by atoms with Crippen molar-refractivity contribution in [2.75, 3.05) is 6.61 Å². The summed E-state index contributed by atoms with van der Waals surface area (Å²) in [6.45, 7) is 1.48. The van der Waals surface area contributed by atoms with Crippen molar-refractivity contribution in [1.82, 2.24) is 30.2 Å². The Kier molecular flexibility index (Phi) is 4.56. The van der Waals surface area contributed by atoms with Gasteiger partial charge in [0.2, 0.25) is 5.16 Å². The Hall–Kier alpha value is -2.36. The number of nitrogens with zero attached hydrogens (tertiary/aromatic N) is 6. The van der Waals surface area contributed by atoms with Crippen LogP contribution in [0.4, 0.5) is 0 Å². The van der Waals surface area contributed by atoms with E-state index in [-0.39, 0.29) is 6.10 Å². The second-order valence-corrected chi connectivity index (χ2v) is 8.00. The summed E-state index contributed by atoms with van der Waals surface area (Å²) in [6.07, 6.45) is 2.31. The molecule has 1 unspecified atom stereocenters. The molecule has 27 heavy (non-hydrogen) atoms. The summed E-state index contributed by atoms with van der Waals surface area (Å²) >= 11 is 3.10. The van der Waals surface area contributed by atoms with E-state index in [1.807, 2.05) is 40.4 Å². The second-order valence-electron chi connectivity index (χ2n) is 6.26. The Balaban J connectivity index is 1.52. The lowest BCUT2D eigenvalue weighted by atomic mass is 10.2. The molecule has 0 aliphatic carbocycles. The summed E-state index contributed by atoms with van der Waals surface area (Å²) in [5.74, 6) is 0.718. The van der Waals surface area contributed by atoms with Gasteiger partial charge in [-0.25, -0.2) is 14.6 Å². The molecule has 4 aromatic rings. The number of benzene rings is 1. The highest BCUT2D eigenvalue weighted by atomic mass is 32.2. The fourth-order valence-electron chi connectivity index (χ4n) is 3.10. The van der Waals surface area contributed by atoms with Gasteiger partial charge >= 0.3 is 0 Å². The molecule has 0 amide bonds. The average molecular weight is 397 g/mol. The predicted molar refractivity (Wildman–Crippen MR) is 104 cm³/mol. The maximum atomic E-state index is 5.72. The first kappa shape index (κ1) is 16.8. The molecule has 5 rings (SSSR count). The minimum absolute atomic E-state index is 0.177. The highest BCUT2D eigenvalue weighted by Gasteiger charge is 2.20. The van der Waals surface area contributed by atoms with Gasteiger partial charge in [-0.1, -0.05) is 18.2 Å². The Morgan fingerprint density at radius 1 is 1.22 bits per heavy atom. The highest BCUT2D eigenvalue weighted by Crippen LogP contribution is 2.32. The molecule has 0 bridgehead atoms. The Morgan fingerprint density at radius 3 is 3.04 bits per heavy atom. The number of hydrogen-bond acceptors (Lipinski definition) is 8. The lowest BCUT2D eigenvalue weighted by Gasteiger charge is -2.11. The largest absolute Gasteiger partial charge is 0.376 e. The van der Waals surface area contributed by atoms with Crippen LogP contribution in [-0.4, -0.2) is 42.9 Å². The average Bonchev–Trinajstić information content (AvgIpc) is 3.46. The number of fused-ring (bicyclic) bond motifs is 1. The molecule has 4 heterocycles. The van der Waals surface area contributed by atoms with Gasteiger partial charge in [0.1, 0.15) is 5.03 Å². The summed E-state index contributed by atoms with van der Waals surface area (Å²) in [7, 11) is 0. The zero-order chi connectivity index (χ0) is 18.1. The van der Waals surface area contributed by atoms with Gasteiger partial charge in [0.25, 0.3) is 0 Å². The maximum absolute atomic E-state index is 5.72. The lowest BCUT2D eigenvalue weighted by molar-refractivity contribution is 0.0912. The van der Waals surface area contributed by atoms with Crippen LogP contribution in [0.25, 0.3) is 22.3 Å². The number of rotatable bonds is 5. The molecule has 1 fully saturated rings. The number of ether oxygens (including phenoxy) is 1. The molecule has 1 atom stereocenters. The molecule has 0 N–H and O–H groups in total. The zero-order valence-corrected chi connectivity index (χ0v) is 16.0. The van der Waals surface area contributed by atoms with Gasteiger partial charge in [-0.05, 0) is 52.5 Å². The van der Waals surface area contributed by atoms with Gasteiger partial charge in [-0.15, -0.1) is 5.10 Å². The minimum atomic E-state index is 0.177. The number of hydrogen-bond donors (Lipinski definition) is 0. The van der Waals surface area contributed by atoms with Crippen molar-refractivity contribution in [3.63, 3.8) is 0 Å². The maximum Gasteiger partial charge on any atom is 0.215 e. The Labute approximate surface area is 163 Å². The van der Waals surface area contributed by atoms with Gasteiger partial charge in [0, 0.05) is 22.9 Å². The molecule has 0 spiro atoms. The monoisotopic (exact) mass is 396 g/mol. The molecule has 1 saturated heterocycles. The quantitative estimate of drug-likeness (QED) is 0.476. The van der Waals surface area contributed by atoms with Gasteiger partial charge in [0.15, 0.2) is 5.82 Å². The first-order valence-corrected chi connectivity index (χ1v) is 10.5. The van der Waals surface area contributed by atoms with Crippen LogP contribution in [0.15, 0.2) is 51.3 Å². The van der Waals surface area contributed by atoms with E-state index >= 15 is 0 Å². The van der Waals surface area contributed by atoms with Crippen LogP contribution >= 0.6 is 23.1 Å². The van der Waals surface area contributed by atoms with Gasteiger partial charge in [-0.2, -0.15) is 11.3 Å². The van der Waals surface area contributed by atoms with Gasteiger partial charge < -0.3 is 4.74 Å². The van der Waals surface area contributed by atoms with Crippen molar-refractivity contribution in [2.45, 2.75) is 35.7 Å². The number of tetrazole rings is 1. The fraction of sp³-hybridized carbons (Fsp3) is 0.278. The summed E-state index contributed by atoms with van der Waals surface area (Å²) in [6, 6.07) is 10.1. The van der Waals surface area contributed by atoms with Gasteiger partial charge in [0.05, 0.1) is 18.2 Å². The molecular weight excluding hydrogens is 380 g/mol. The van der Waals surface area contributed by atoms with Crippen molar-refractivity contribution in [2.24, 2.45) is 0 Å². The van der Waals surface area contributed by atoms with E-state index in [2.05, 4.69) is 20.9 Å². The van der Waals surface area contributed by atoms with Crippen LogP contribution in [0.1, 0.15) is 12.8 Å². The number of para-hydroxylation sites is 1. The number of aromatic nitrogens is 6. The number of thiophene rings is 1. The second kappa shape index (κ2) is 7.34. The van der Waals surface area contributed by atoms with Crippen LogP contribution in [0, 0.1) is 0 Å². The third-order valence-corrected chi connectivity index (χ3v) is 6.10. The van der Waals surface area contributed by atoms with Crippen molar-refractivity contribution in [1.29, 1.82) is 0 Å². The zero-order valence-electron chi connectivity index (χ0n) is 14.4. The first-order chi connectivity index (χ1) is 13.4. The molecule has 0 radical (unpaired) electrons. The van der Waals surface area contributed by atoms with Crippen molar-refractivity contribution in [3.05, 3.63) is 41.1 Å². The summed E-state index contributed by atoms with van der Waals surface area (Å²) in [5.41, 5.74) is 1.93. The van der Waals surface area contributed by atoms with E-state index in [1.54, 1.807) is 11.3 Å². The molecular formula is C18H16N6OS2. The molecule has 3 aromatic heterocycles. The summed E-state index contributed by atoms with van der Waals surface area (Å²) in [5, 5.41) is 18.8. The third kappa shape index (κ3) is 3.45. The van der Waals surface area contributed by atoms with E-state index in [1.165, 1.54) is 11.8 Å². The van der Waals surface area contributed by atoms with E-state index in [4.69, 9.17) is 14.7 Å². The van der Waals surface area contributed by atoms with Crippen LogP contribution in [-0.2, 0) is 11.3 Å². The van der Waals surface area contributed by atoms with Crippen molar-refractivity contribution < 1.29 is 4.74 Å². The highest BCUT2D eigenvalue weighted by molar-refractivity contribution is 7.99. The van der Waals surface area contributed by atoms with E-state index < -0.39 is 0 Å². The molecule has 1 aromatic carbocycles. The van der Waals surface area contributed by atoms with Gasteiger partial charge in [-0.3, -0.25) is 0 Å². The fourth-order valence-corrected chi connectivity index (χ4v) is 4.61. The van der Waals surface area contributed by atoms with Crippen molar-refractivity contribution >= 4 is 34.0 Å². The van der Waals surface area contributed by atoms with Crippen molar-refractivity contribution in [3.8, 4) is 11.4 Å². The molecule has 136 valence electrons. The molecule has 1 aliphatic rings. The van der Waals surface area contributed by atoms with Crippen LogP contribution < -0.4 is 0 Å². The first-order valence-electron chi connectivity index (χ1n) is 8.72. The van der Waals surface area contributed by atoms with E-state index in [0.29, 0.717) is 11.7 Å². The molecule has 9 heteroatoms. The van der Waals surface area contributed by atoms with Crippen LogP contribution in [0.2, 0.25) is 0 Å². The Morgan fingerprint density at radius 2 is 2.19 bits per heavy atom. The summed E-state index contributed by atoms with van der Waals surface area (Å²) in [4.78, 5) is 9.53. The topological polar surface area (TPSA) is 78.6 Å². The smallest absolute Gasteiger partial charge is 0.215 e. The SMILES string of the molecule is c1ccc2c(Sc3nnnn3CC3CCCO3)nc(-c3ccsc3)nc2c1.